The highest BCUT2D eigenvalue weighted by atomic mass is 16.5. The van der Waals surface area contributed by atoms with Gasteiger partial charge < -0.3 is 19.9 Å². The fourth-order valence-electron chi connectivity index (χ4n) is 2.23. The second kappa shape index (κ2) is 7.99. The van der Waals surface area contributed by atoms with Crippen LogP contribution in [0.4, 0.5) is 0 Å². The van der Waals surface area contributed by atoms with Gasteiger partial charge in [0, 0.05) is 25.3 Å². The Labute approximate surface area is 140 Å². The number of ether oxygens (including phenoxy) is 2. The van der Waals surface area contributed by atoms with Gasteiger partial charge in [-0.2, -0.15) is 5.26 Å². The van der Waals surface area contributed by atoms with Crippen LogP contribution in [0.15, 0.2) is 42.5 Å². The van der Waals surface area contributed by atoms with Gasteiger partial charge in [-0.15, -0.1) is 0 Å². The van der Waals surface area contributed by atoms with E-state index in [0.717, 1.165) is 5.56 Å². The van der Waals surface area contributed by atoms with E-state index in [9.17, 15) is 9.90 Å². The standard InChI is InChI=1S/C18H18N2O4/c1-23-14-7-8-15(16(21)9-14)17(24-2)18(22)20-11-13-5-3-12(10-19)4-6-13/h3-9,17,21H,11H2,1-2H3,(H,20,22). The summed E-state index contributed by atoms with van der Waals surface area (Å²) in [5, 5.41) is 21.6. The van der Waals surface area contributed by atoms with Crippen molar-refractivity contribution >= 4 is 5.91 Å². The van der Waals surface area contributed by atoms with E-state index in [-0.39, 0.29) is 11.7 Å². The van der Waals surface area contributed by atoms with Crippen molar-refractivity contribution in [1.29, 1.82) is 5.26 Å². The van der Waals surface area contributed by atoms with E-state index in [4.69, 9.17) is 14.7 Å². The van der Waals surface area contributed by atoms with Crippen LogP contribution in [-0.2, 0) is 16.1 Å². The number of carbonyl (C=O) groups is 1. The maximum atomic E-state index is 12.3. The lowest BCUT2D eigenvalue weighted by Crippen LogP contribution is -2.30. The fraction of sp³-hybridized carbons (Fsp3) is 0.222. The van der Waals surface area contributed by atoms with E-state index >= 15 is 0 Å². The van der Waals surface area contributed by atoms with Gasteiger partial charge in [0.2, 0.25) is 0 Å². The maximum Gasteiger partial charge on any atom is 0.254 e. The number of carbonyl (C=O) groups excluding carboxylic acids is 1. The van der Waals surface area contributed by atoms with Crippen LogP contribution in [0.25, 0.3) is 0 Å². The molecule has 0 heterocycles. The summed E-state index contributed by atoms with van der Waals surface area (Å²) in [4.78, 5) is 12.3. The molecule has 124 valence electrons. The van der Waals surface area contributed by atoms with Crippen molar-refractivity contribution in [2.75, 3.05) is 14.2 Å². The zero-order chi connectivity index (χ0) is 17.5. The molecular weight excluding hydrogens is 308 g/mol. The first-order valence-electron chi connectivity index (χ1n) is 7.25. The van der Waals surface area contributed by atoms with Crippen LogP contribution in [0.5, 0.6) is 11.5 Å². The second-order valence-corrected chi connectivity index (χ2v) is 5.07. The summed E-state index contributed by atoms with van der Waals surface area (Å²) < 4.78 is 10.2. The minimum atomic E-state index is -0.936. The highest BCUT2D eigenvalue weighted by Gasteiger charge is 2.23. The number of phenols is 1. The molecule has 0 fully saturated rings. The van der Waals surface area contributed by atoms with Crippen LogP contribution < -0.4 is 10.1 Å². The molecule has 1 unspecified atom stereocenters. The van der Waals surface area contributed by atoms with Crippen molar-refractivity contribution in [2.24, 2.45) is 0 Å². The first kappa shape index (κ1) is 17.3. The molecule has 1 amide bonds. The van der Waals surface area contributed by atoms with Crippen LogP contribution in [0, 0.1) is 11.3 Å². The number of hydrogen-bond donors (Lipinski definition) is 2. The van der Waals surface area contributed by atoms with E-state index in [0.29, 0.717) is 23.4 Å². The number of benzene rings is 2. The summed E-state index contributed by atoms with van der Waals surface area (Å²) in [7, 11) is 2.89. The molecule has 0 radical (unpaired) electrons. The SMILES string of the molecule is COc1ccc(C(OC)C(=O)NCc2ccc(C#N)cc2)c(O)c1. The molecule has 0 aliphatic heterocycles. The highest BCUT2D eigenvalue weighted by Crippen LogP contribution is 2.30. The van der Waals surface area contributed by atoms with Crippen LogP contribution in [0.1, 0.15) is 22.8 Å². The Morgan fingerprint density at radius 2 is 1.96 bits per heavy atom. The molecular formula is C18H18N2O4. The first-order valence-corrected chi connectivity index (χ1v) is 7.25. The van der Waals surface area contributed by atoms with E-state index in [1.165, 1.54) is 20.3 Å². The molecule has 0 aliphatic carbocycles. The number of methoxy groups -OCH3 is 2. The number of nitrogens with one attached hydrogen (secondary N) is 1. The Morgan fingerprint density at radius 3 is 2.50 bits per heavy atom. The molecule has 0 saturated carbocycles. The molecule has 24 heavy (non-hydrogen) atoms. The Balaban J connectivity index is 2.07. The van der Waals surface area contributed by atoms with Crippen LogP contribution in [0.3, 0.4) is 0 Å². The molecule has 0 bridgehead atoms. The number of hydrogen-bond acceptors (Lipinski definition) is 5. The van der Waals surface area contributed by atoms with Crippen molar-refractivity contribution in [3.63, 3.8) is 0 Å². The third-order valence-corrected chi connectivity index (χ3v) is 3.54. The average Bonchev–Trinajstić information content (AvgIpc) is 2.62. The number of rotatable bonds is 6. The van der Waals surface area contributed by atoms with Gasteiger partial charge in [-0.1, -0.05) is 12.1 Å². The predicted molar refractivity (Wildman–Crippen MR) is 87.4 cm³/mol. The minimum absolute atomic E-state index is 0.0743. The zero-order valence-corrected chi connectivity index (χ0v) is 13.4. The molecule has 0 saturated heterocycles. The van der Waals surface area contributed by atoms with Gasteiger partial charge in [-0.3, -0.25) is 4.79 Å². The number of aromatic hydroxyl groups is 1. The zero-order valence-electron chi connectivity index (χ0n) is 13.4. The van der Waals surface area contributed by atoms with Crippen LogP contribution in [-0.4, -0.2) is 25.2 Å². The molecule has 0 spiro atoms. The molecule has 2 rings (SSSR count). The molecule has 1 atom stereocenters. The predicted octanol–water partition coefficient (Wildman–Crippen LogP) is 2.28. The number of amides is 1. The smallest absolute Gasteiger partial charge is 0.254 e. The Hall–Kier alpha value is -3.04. The molecule has 6 nitrogen and oxygen atoms in total. The van der Waals surface area contributed by atoms with Gasteiger partial charge in [-0.05, 0) is 29.8 Å². The number of phenolic OH excluding ortho intramolecular Hbond substituents is 1. The van der Waals surface area contributed by atoms with Crippen molar-refractivity contribution in [3.05, 3.63) is 59.2 Å². The molecule has 2 aromatic carbocycles. The number of nitrogens with zero attached hydrogens (tertiary/aromatic N) is 1. The normalized spacial score (nSPS) is 11.4. The maximum absolute atomic E-state index is 12.3. The third kappa shape index (κ3) is 4.03. The van der Waals surface area contributed by atoms with E-state index in [1.54, 1.807) is 36.4 Å². The Kier molecular flexibility index (Phi) is 5.77. The molecule has 0 aliphatic rings. The van der Waals surface area contributed by atoms with Crippen molar-refractivity contribution in [2.45, 2.75) is 12.6 Å². The lowest BCUT2D eigenvalue weighted by molar-refractivity contribution is -0.131. The van der Waals surface area contributed by atoms with Crippen LogP contribution in [0.2, 0.25) is 0 Å². The van der Waals surface area contributed by atoms with Gasteiger partial charge >= 0.3 is 0 Å². The lowest BCUT2D eigenvalue weighted by atomic mass is 10.1. The molecule has 0 aromatic heterocycles. The second-order valence-electron chi connectivity index (χ2n) is 5.07. The van der Waals surface area contributed by atoms with E-state index < -0.39 is 6.10 Å². The summed E-state index contributed by atoms with van der Waals surface area (Å²) in [5.41, 5.74) is 1.77. The molecule has 2 N–H and O–H groups in total. The average molecular weight is 326 g/mol. The summed E-state index contributed by atoms with van der Waals surface area (Å²) in [6.07, 6.45) is -0.936. The van der Waals surface area contributed by atoms with E-state index in [2.05, 4.69) is 5.32 Å². The molecule has 2 aromatic rings. The van der Waals surface area contributed by atoms with Crippen LogP contribution >= 0.6 is 0 Å². The highest BCUT2D eigenvalue weighted by molar-refractivity contribution is 5.83. The molecule has 6 heteroatoms. The summed E-state index contributed by atoms with van der Waals surface area (Å²) in [5.74, 6) is 0.0427. The van der Waals surface area contributed by atoms with E-state index in [1.807, 2.05) is 6.07 Å². The third-order valence-electron chi connectivity index (χ3n) is 3.54. The van der Waals surface area contributed by atoms with Gasteiger partial charge in [0.05, 0.1) is 18.7 Å². The van der Waals surface area contributed by atoms with Gasteiger partial charge in [0.25, 0.3) is 5.91 Å². The van der Waals surface area contributed by atoms with Gasteiger partial charge in [0.1, 0.15) is 11.5 Å². The Morgan fingerprint density at radius 1 is 1.25 bits per heavy atom. The van der Waals surface area contributed by atoms with Crippen molar-refractivity contribution in [3.8, 4) is 17.6 Å². The number of nitriles is 1. The Bertz CT molecular complexity index is 751. The quantitative estimate of drug-likeness (QED) is 0.849. The summed E-state index contributed by atoms with van der Waals surface area (Å²) in [6.45, 7) is 0.293. The first-order chi connectivity index (χ1) is 11.6. The topological polar surface area (TPSA) is 91.6 Å². The minimum Gasteiger partial charge on any atom is -0.507 e. The van der Waals surface area contributed by atoms with Crippen molar-refractivity contribution in [1.82, 2.24) is 5.32 Å². The lowest BCUT2D eigenvalue weighted by Gasteiger charge is -2.17. The van der Waals surface area contributed by atoms with Crippen molar-refractivity contribution < 1.29 is 19.4 Å². The summed E-state index contributed by atoms with van der Waals surface area (Å²) >= 11 is 0. The monoisotopic (exact) mass is 326 g/mol. The fourth-order valence-corrected chi connectivity index (χ4v) is 2.23. The van der Waals surface area contributed by atoms with Gasteiger partial charge in [-0.25, -0.2) is 0 Å². The largest absolute Gasteiger partial charge is 0.507 e. The summed E-state index contributed by atoms with van der Waals surface area (Å²) in [6, 6.07) is 13.6. The van der Waals surface area contributed by atoms with Gasteiger partial charge in [0.15, 0.2) is 6.10 Å².